The third-order valence-electron chi connectivity index (χ3n) is 2.24. The number of unbranched alkanes of at least 4 members (excludes halogenated alkanes) is 1. The second-order valence-electron chi connectivity index (χ2n) is 3.64. The first-order valence-electron chi connectivity index (χ1n) is 5.76. The third-order valence-corrected chi connectivity index (χ3v) is 3.27. The molecule has 0 aliphatic rings. The van der Waals surface area contributed by atoms with E-state index < -0.39 is 0 Å². The lowest BCUT2D eigenvalue weighted by Gasteiger charge is -2.03. The molecule has 0 bridgehead atoms. The van der Waals surface area contributed by atoms with Crippen molar-refractivity contribution in [1.29, 1.82) is 0 Å². The Kier molecular flexibility index (Phi) is 7.40. The van der Waals surface area contributed by atoms with E-state index in [1.807, 2.05) is 11.8 Å². The molecule has 1 rings (SSSR count). The molecule has 0 aliphatic carbocycles. The van der Waals surface area contributed by atoms with E-state index in [2.05, 4.69) is 42.6 Å². The molecule has 1 nitrogen and oxygen atoms in total. The summed E-state index contributed by atoms with van der Waals surface area (Å²) < 4.78 is 0. The molecule has 0 heterocycles. The summed E-state index contributed by atoms with van der Waals surface area (Å²) >= 11 is 2.00. The van der Waals surface area contributed by atoms with Gasteiger partial charge in [-0.25, -0.2) is 0 Å². The molecule has 0 amide bonds. The zero-order valence-electron chi connectivity index (χ0n) is 9.54. The Bertz CT molecular complexity index is 236. The first kappa shape index (κ1) is 12.6. The van der Waals surface area contributed by atoms with E-state index in [4.69, 9.17) is 0 Å². The first-order chi connectivity index (χ1) is 7.43. The molecule has 0 aromatic heterocycles. The maximum atomic E-state index is 3.45. The monoisotopic (exact) mass is 223 g/mol. The molecule has 0 aliphatic heterocycles. The SMILES string of the molecule is CCCCNCCSCc1ccccc1. The highest BCUT2D eigenvalue weighted by molar-refractivity contribution is 7.98. The van der Waals surface area contributed by atoms with Gasteiger partial charge in [-0.3, -0.25) is 0 Å². The Morgan fingerprint density at radius 2 is 1.93 bits per heavy atom. The minimum absolute atomic E-state index is 1.14. The van der Waals surface area contributed by atoms with Crippen molar-refractivity contribution in [1.82, 2.24) is 5.32 Å². The minimum atomic E-state index is 1.14. The molecule has 1 N–H and O–H groups in total. The normalized spacial score (nSPS) is 10.5. The molecule has 1 aromatic rings. The van der Waals surface area contributed by atoms with E-state index in [9.17, 15) is 0 Å². The molecule has 1 aromatic carbocycles. The molecule has 0 radical (unpaired) electrons. The predicted octanol–water partition coefficient (Wildman–Crippen LogP) is 3.31. The third kappa shape index (κ3) is 6.58. The molecule has 0 unspecified atom stereocenters. The summed E-state index contributed by atoms with van der Waals surface area (Å²) in [5, 5.41) is 3.45. The van der Waals surface area contributed by atoms with Crippen LogP contribution in [-0.2, 0) is 5.75 Å². The summed E-state index contributed by atoms with van der Waals surface area (Å²) in [5.41, 5.74) is 1.43. The minimum Gasteiger partial charge on any atom is -0.316 e. The fourth-order valence-corrected chi connectivity index (χ4v) is 2.20. The molecule has 0 atom stereocenters. The fourth-order valence-electron chi connectivity index (χ4n) is 1.34. The second kappa shape index (κ2) is 8.81. The van der Waals surface area contributed by atoms with Crippen molar-refractivity contribution in [2.75, 3.05) is 18.8 Å². The molecular formula is C13H21NS. The summed E-state index contributed by atoms with van der Waals surface area (Å²) in [6.07, 6.45) is 2.58. The molecule has 0 saturated heterocycles. The summed E-state index contributed by atoms with van der Waals surface area (Å²) in [4.78, 5) is 0. The van der Waals surface area contributed by atoms with Crippen LogP contribution in [0, 0.1) is 0 Å². The van der Waals surface area contributed by atoms with Crippen LogP contribution in [0.3, 0.4) is 0 Å². The lowest BCUT2D eigenvalue weighted by atomic mass is 10.2. The summed E-state index contributed by atoms with van der Waals surface area (Å²) in [5.74, 6) is 2.34. The molecule has 2 heteroatoms. The van der Waals surface area contributed by atoms with Crippen molar-refractivity contribution in [2.24, 2.45) is 0 Å². The highest BCUT2D eigenvalue weighted by Crippen LogP contribution is 2.10. The van der Waals surface area contributed by atoms with Crippen LogP contribution in [-0.4, -0.2) is 18.8 Å². The summed E-state index contributed by atoms with van der Waals surface area (Å²) in [6, 6.07) is 10.7. The lowest BCUT2D eigenvalue weighted by molar-refractivity contribution is 0.666. The first-order valence-corrected chi connectivity index (χ1v) is 6.91. The summed E-state index contributed by atoms with van der Waals surface area (Å²) in [7, 11) is 0. The average Bonchev–Trinajstić information content (AvgIpc) is 2.29. The van der Waals surface area contributed by atoms with Crippen LogP contribution in [0.25, 0.3) is 0 Å². The number of rotatable bonds is 8. The predicted molar refractivity (Wildman–Crippen MR) is 70.4 cm³/mol. The van der Waals surface area contributed by atoms with Gasteiger partial charge >= 0.3 is 0 Å². The van der Waals surface area contributed by atoms with E-state index in [1.54, 1.807) is 0 Å². The van der Waals surface area contributed by atoms with Crippen LogP contribution >= 0.6 is 11.8 Å². The van der Waals surface area contributed by atoms with Crippen LogP contribution in [0.4, 0.5) is 0 Å². The lowest BCUT2D eigenvalue weighted by Crippen LogP contribution is -2.18. The van der Waals surface area contributed by atoms with Gasteiger partial charge < -0.3 is 5.32 Å². The van der Waals surface area contributed by atoms with E-state index >= 15 is 0 Å². The van der Waals surface area contributed by atoms with Gasteiger partial charge in [0.1, 0.15) is 0 Å². The molecule has 0 spiro atoms. The number of benzene rings is 1. The molecule has 84 valence electrons. The molecule has 15 heavy (non-hydrogen) atoms. The zero-order valence-corrected chi connectivity index (χ0v) is 10.4. The topological polar surface area (TPSA) is 12.0 Å². The van der Waals surface area contributed by atoms with Gasteiger partial charge in [-0.05, 0) is 18.5 Å². The van der Waals surface area contributed by atoms with E-state index in [-0.39, 0.29) is 0 Å². The second-order valence-corrected chi connectivity index (χ2v) is 4.75. The van der Waals surface area contributed by atoms with Crippen molar-refractivity contribution in [3.05, 3.63) is 35.9 Å². The van der Waals surface area contributed by atoms with Gasteiger partial charge in [-0.2, -0.15) is 11.8 Å². The van der Waals surface area contributed by atoms with Gasteiger partial charge in [0.25, 0.3) is 0 Å². The fraction of sp³-hybridized carbons (Fsp3) is 0.538. The van der Waals surface area contributed by atoms with Gasteiger partial charge in [0.15, 0.2) is 0 Å². The largest absolute Gasteiger partial charge is 0.316 e. The molecular weight excluding hydrogens is 202 g/mol. The number of nitrogens with one attached hydrogen (secondary N) is 1. The Labute approximate surface area is 97.7 Å². The smallest absolute Gasteiger partial charge is 0.0185 e. The van der Waals surface area contributed by atoms with Crippen molar-refractivity contribution in [2.45, 2.75) is 25.5 Å². The maximum Gasteiger partial charge on any atom is 0.0185 e. The molecule has 0 fully saturated rings. The van der Waals surface area contributed by atoms with Crippen LogP contribution in [0.5, 0.6) is 0 Å². The Morgan fingerprint density at radius 3 is 2.67 bits per heavy atom. The number of hydrogen-bond acceptors (Lipinski definition) is 2. The average molecular weight is 223 g/mol. The highest BCUT2D eigenvalue weighted by Gasteiger charge is 1.92. The van der Waals surface area contributed by atoms with Crippen LogP contribution < -0.4 is 5.32 Å². The quantitative estimate of drug-likeness (QED) is 0.679. The standard InChI is InChI=1S/C13H21NS/c1-2-3-9-14-10-11-15-12-13-7-5-4-6-8-13/h4-8,14H,2-3,9-12H2,1H3. The summed E-state index contributed by atoms with van der Waals surface area (Å²) in [6.45, 7) is 4.53. The Hall–Kier alpha value is -0.470. The number of thioether (sulfide) groups is 1. The van der Waals surface area contributed by atoms with Gasteiger partial charge in [0.05, 0.1) is 0 Å². The zero-order chi connectivity index (χ0) is 10.8. The van der Waals surface area contributed by atoms with Gasteiger partial charge in [-0.15, -0.1) is 0 Å². The van der Waals surface area contributed by atoms with Crippen molar-refractivity contribution >= 4 is 11.8 Å². The van der Waals surface area contributed by atoms with Crippen molar-refractivity contribution in [3.63, 3.8) is 0 Å². The molecule has 0 saturated carbocycles. The van der Waals surface area contributed by atoms with Crippen LogP contribution in [0.15, 0.2) is 30.3 Å². The number of hydrogen-bond donors (Lipinski definition) is 1. The highest BCUT2D eigenvalue weighted by atomic mass is 32.2. The van der Waals surface area contributed by atoms with Crippen molar-refractivity contribution < 1.29 is 0 Å². The van der Waals surface area contributed by atoms with Crippen molar-refractivity contribution in [3.8, 4) is 0 Å². The van der Waals surface area contributed by atoms with Crippen LogP contribution in [0.1, 0.15) is 25.3 Å². The van der Waals surface area contributed by atoms with Gasteiger partial charge in [-0.1, -0.05) is 43.7 Å². The van der Waals surface area contributed by atoms with E-state index in [0.29, 0.717) is 0 Å². The maximum absolute atomic E-state index is 3.45. The van der Waals surface area contributed by atoms with Gasteiger partial charge in [0.2, 0.25) is 0 Å². The van der Waals surface area contributed by atoms with Gasteiger partial charge in [0, 0.05) is 18.1 Å². The van der Waals surface area contributed by atoms with E-state index in [0.717, 1.165) is 12.3 Å². The van der Waals surface area contributed by atoms with Crippen LogP contribution in [0.2, 0.25) is 0 Å². The Morgan fingerprint density at radius 1 is 1.13 bits per heavy atom. The Balaban J connectivity index is 1.93. The van der Waals surface area contributed by atoms with E-state index in [1.165, 1.54) is 30.7 Å².